The van der Waals surface area contributed by atoms with Crippen LogP contribution >= 0.6 is 27.5 Å². The number of halogens is 2. The zero-order valence-electron chi connectivity index (χ0n) is 7.28. The summed E-state index contributed by atoms with van der Waals surface area (Å²) in [6, 6.07) is 4.71. The first-order valence-corrected chi connectivity index (χ1v) is 5.15. The molecule has 1 aromatic carbocycles. The Balaban J connectivity index is 2.96. The van der Waals surface area contributed by atoms with Crippen molar-refractivity contribution in [3.05, 3.63) is 44.1 Å². The second kappa shape index (κ2) is 3.75. The van der Waals surface area contributed by atoms with E-state index in [1.807, 2.05) is 0 Å². The second-order valence-electron chi connectivity index (χ2n) is 2.85. The summed E-state index contributed by atoms with van der Waals surface area (Å²) >= 11 is 9.08. The van der Waals surface area contributed by atoms with Gasteiger partial charge in [-0.05, 0) is 15.9 Å². The van der Waals surface area contributed by atoms with E-state index in [1.54, 1.807) is 12.1 Å². The van der Waals surface area contributed by atoms with Crippen molar-refractivity contribution in [2.75, 3.05) is 0 Å². The molecule has 0 atom stereocenters. The van der Waals surface area contributed by atoms with Crippen molar-refractivity contribution in [1.29, 1.82) is 0 Å². The summed E-state index contributed by atoms with van der Waals surface area (Å²) in [5.74, 6) is 0. The topological polar surface area (TPSA) is 56.0 Å². The van der Waals surface area contributed by atoms with E-state index >= 15 is 0 Å². The van der Waals surface area contributed by atoms with Gasteiger partial charge in [-0.3, -0.25) is 10.1 Å². The fourth-order valence-corrected chi connectivity index (χ4v) is 2.09. The highest BCUT2D eigenvalue weighted by Gasteiger charge is 2.16. The molecule has 0 fully saturated rings. The summed E-state index contributed by atoms with van der Waals surface area (Å²) in [5, 5.41) is 12.1. The van der Waals surface area contributed by atoms with E-state index in [-0.39, 0.29) is 10.8 Å². The highest BCUT2D eigenvalue weighted by Crippen LogP contribution is 2.34. The van der Waals surface area contributed by atoms with Crippen molar-refractivity contribution < 1.29 is 4.92 Å². The number of rotatable bonds is 1. The van der Waals surface area contributed by atoms with Gasteiger partial charge in [0.2, 0.25) is 0 Å². The molecule has 4 nitrogen and oxygen atoms in total. The first kappa shape index (κ1) is 10.3. The molecule has 0 radical (unpaired) electrons. The van der Waals surface area contributed by atoms with Gasteiger partial charge in [0, 0.05) is 17.6 Å². The van der Waals surface area contributed by atoms with Gasteiger partial charge in [-0.1, -0.05) is 23.7 Å². The Hall–Kier alpha value is -1.20. The number of fused-ring (bicyclic) bond motifs is 1. The molecule has 0 unspecified atom stereocenters. The van der Waals surface area contributed by atoms with E-state index in [2.05, 4.69) is 20.9 Å². The average Bonchev–Trinajstić information content (AvgIpc) is 2.23. The third kappa shape index (κ3) is 1.68. The maximum atomic E-state index is 10.8. The quantitative estimate of drug-likeness (QED) is 0.458. The highest BCUT2D eigenvalue weighted by molar-refractivity contribution is 9.10. The number of hydrogen-bond donors (Lipinski definition) is 0. The standard InChI is InChI=1S/C9H4BrClN2O2/c10-6-4-12-9(11)5-2-1-3-7(8(5)6)13(14)15/h1-4H. The maximum absolute atomic E-state index is 10.8. The third-order valence-corrected chi connectivity index (χ3v) is 2.89. The van der Waals surface area contributed by atoms with Crippen LogP contribution in [0.1, 0.15) is 0 Å². The van der Waals surface area contributed by atoms with Crippen molar-refractivity contribution in [2.24, 2.45) is 0 Å². The molecule has 0 spiro atoms. The van der Waals surface area contributed by atoms with E-state index < -0.39 is 4.92 Å². The Kier molecular flexibility index (Phi) is 2.58. The monoisotopic (exact) mass is 286 g/mol. The molecule has 15 heavy (non-hydrogen) atoms. The van der Waals surface area contributed by atoms with Crippen LogP contribution in [0.25, 0.3) is 10.8 Å². The van der Waals surface area contributed by atoms with E-state index in [0.717, 1.165) is 0 Å². The van der Waals surface area contributed by atoms with Crippen molar-refractivity contribution in [3.63, 3.8) is 0 Å². The largest absolute Gasteiger partial charge is 0.278 e. The lowest BCUT2D eigenvalue weighted by molar-refractivity contribution is -0.383. The van der Waals surface area contributed by atoms with Crippen molar-refractivity contribution in [2.45, 2.75) is 0 Å². The van der Waals surface area contributed by atoms with Crippen LogP contribution in [0.3, 0.4) is 0 Å². The molecule has 0 saturated carbocycles. The number of nitro benzene ring substituents is 1. The van der Waals surface area contributed by atoms with Gasteiger partial charge in [-0.25, -0.2) is 4.98 Å². The van der Waals surface area contributed by atoms with Gasteiger partial charge in [0.1, 0.15) is 5.15 Å². The van der Waals surface area contributed by atoms with Gasteiger partial charge in [0.15, 0.2) is 0 Å². The Labute approximate surface area is 98.2 Å². The zero-order chi connectivity index (χ0) is 11.0. The van der Waals surface area contributed by atoms with Crippen LogP contribution in [0.4, 0.5) is 5.69 Å². The van der Waals surface area contributed by atoms with Crippen LogP contribution in [0.5, 0.6) is 0 Å². The molecule has 0 aliphatic rings. The van der Waals surface area contributed by atoms with Gasteiger partial charge in [0.25, 0.3) is 5.69 Å². The number of benzene rings is 1. The molecule has 0 bridgehead atoms. The molecule has 2 rings (SSSR count). The fraction of sp³-hybridized carbons (Fsp3) is 0. The van der Waals surface area contributed by atoms with Gasteiger partial charge >= 0.3 is 0 Å². The summed E-state index contributed by atoms with van der Waals surface area (Å²) in [7, 11) is 0. The first-order chi connectivity index (χ1) is 7.11. The molecule has 0 N–H and O–H groups in total. The number of non-ortho nitro benzene ring substituents is 1. The molecular weight excluding hydrogens is 283 g/mol. The van der Waals surface area contributed by atoms with Crippen molar-refractivity contribution in [1.82, 2.24) is 4.98 Å². The molecule has 1 aromatic heterocycles. The number of nitrogens with zero attached hydrogens (tertiary/aromatic N) is 2. The predicted molar refractivity (Wildman–Crippen MR) is 61.1 cm³/mol. The molecule has 76 valence electrons. The number of nitro groups is 1. The van der Waals surface area contributed by atoms with E-state index in [9.17, 15) is 10.1 Å². The first-order valence-electron chi connectivity index (χ1n) is 3.98. The minimum absolute atomic E-state index is 0.0173. The normalized spacial score (nSPS) is 10.5. The average molecular weight is 288 g/mol. The molecular formula is C9H4BrClN2O2. The van der Waals surface area contributed by atoms with E-state index in [4.69, 9.17) is 11.6 Å². The smallest absolute Gasteiger partial charge is 0.258 e. The zero-order valence-corrected chi connectivity index (χ0v) is 9.62. The molecule has 2 aromatic rings. The van der Waals surface area contributed by atoms with Crippen LogP contribution < -0.4 is 0 Å². The number of pyridine rings is 1. The molecule has 0 amide bonds. The Bertz CT molecular complexity index is 559. The van der Waals surface area contributed by atoms with Crippen LogP contribution in [-0.2, 0) is 0 Å². The van der Waals surface area contributed by atoms with Gasteiger partial charge in [-0.15, -0.1) is 0 Å². The summed E-state index contributed by atoms with van der Waals surface area (Å²) in [5.41, 5.74) is 0.0173. The third-order valence-electron chi connectivity index (χ3n) is 1.99. The van der Waals surface area contributed by atoms with Gasteiger partial charge in [-0.2, -0.15) is 0 Å². The lowest BCUT2D eigenvalue weighted by Gasteiger charge is -2.02. The lowest BCUT2D eigenvalue weighted by Crippen LogP contribution is -1.91. The Morgan fingerprint density at radius 2 is 2.20 bits per heavy atom. The molecule has 1 heterocycles. The van der Waals surface area contributed by atoms with E-state index in [0.29, 0.717) is 15.2 Å². The van der Waals surface area contributed by atoms with Crippen LogP contribution in [-0.4, -0.2) is 9.91 Å². The molecule has 6 heteroatoms. The Morgan fingerprint density at radius 3 is 2.87 bits per heavy atom. The molecule has 0 aliphatic heterocycles. The fourth-order valence-electron chi connectivity index (χ4n) is 1.36. The van der Waals surface area contributed by atoms with Crippen LogP contribution in [0, 0.1) is 10.1 Å². The lowest BCUT2D eigenvalue weighted by atomic mass is 10.1. The van der Waals surface area contributed by atoms with Crippen molar-refractivity contribution in [3.8, 4) is 0 Å². The molecule has 0 saturated heterocycles. The van der Waals surface area contributed by atoms with Crippen molar-refractivity contribution >= 4 is 44.0 Å². The van der Waals surface area contributed by atoms with Gasteiger partial charge < -0.3 is 0 Å². The summed E-state index contributed by atoms with van der Waals surface area (Å²) in [4.78, 5) is 14.3. The second-order valence-corrected chi connectivity index (χ2v) is 4.07. The van der Waals surface area contributed by atoms with Gasteiger partial charge in [0.05, 0.1) is 14.8 Å². The summed E-state index contributed by atoms with van der Waals surface area (Å²) in [6.07, 6.45) is 1.46. The minimum atomic E-state index is -0.441. The molecule has 0 aliphatic carbocycles. The van der Waals surface area contributed by atoms with E-state index in [1.165, 1.54) is 12.3 Å². The Morgan fingerprint density at radius 1 is 1.47 bits per heavy atom. The summed E-state index contributed by atoms with van der Waals surface area (Å²) < 4.78 is 0.564. The highest BCUT2D eigenvalue weighted by atomic mass is 79.9. The SMILES string of the molecule is O=[N+]([O-])c1cccc2c(Cl)ncc(Br)c12. The van der Waals surface area contributed by atoms with Crippen LogP contribution in [0.2, 0.25) is 5.15 Å². The number of aromatic nitrogens is 1. The summed E-state index contributed by atoms with van der Waals surface area (Å²) in [6.45, 7) is 0. The van der Waals surface area contributed by atoms with Crippen LogP contribution in [0.15, 0.2) is 28.9 Å². The minimum Gasteiger partial charge on any atom is -0.258 e. The number of hydrogen-bond acceptors (Lipinski definition) is 3. The predicted octanol–water partition coefficient (Wildman–Crippen LogP) is 3.56. The maximum Gasteiger partial charge on any atom is 0.278 e.